The number of carbonyl (C=O) groups excluding carboxylic acids is 2. The van der Waals surface area contributed by atoms with Crippen LogP contribution in [-0.2, 0) is 9.59 Å². The highest BCUT2D eigenvalue weighted by Crippen LogP contribution is 2.37. The quantitative estimate of drug-likeness (QED) is 0.796. The summed E-state index contributed by atoms with van der Waals surface area (Å²) in [5.41, 5.74) is 4.96. The second kappa shape index (κ2) is 5.30. The molecule has 2 N–H and O–H groups in total. The molecule has 110 valence electrons. The summed E-state index contributed by atoms with van der Waals surface area (Å²) >= 11 is 0. The topological polar surface area (TPSA) is 63.4 Å². The minimum absolute atomic E-state index is 0.0394. The highest BCUT2D eigenvalue weighted by molar-refractivity contribution is 5.84. The molecule has 4 nitrogen and oxygen atoms in total. The summed E-state index contributed by atoms with van der Waals surface area (Å²) in [6.45, 7) is -0.467. The number of amides is 2. The van der Waals surface area contributed by atoms with Crippen molar-refractivity contribution in [1.29, 1.82) is 0 Å². The van der Waals surface area contributed by atoms with Crippen molar-refractivity contribution in [2.45, 2.75) is 31.4 Å². The highest BCUT2D eigenvalue weighted by atomic mass is 19.4. The van der Waals surface area contributed by atoms with Crippen molar-refractivity contribution >= 4 is 11.8 Å². The lowest BCUT2D eigenvalue weighted by Gasteiger charge is -2.34. The predicted molar refractivity (Wildman–Crippen MR) is 54.1 cm³/mol. The second-order valence-corrected chi connectivity index (χ2v) is 4.48. The van der Waals surface area contributed by atoms with Gasteiger partial charge in [-0.3, -0.25) is 9.59 Å². The van der Waals surface area contributed by atoms with E-state index in [1.54, 1.807) is 0 Å². The molecular weight excluding hydrogens is 275 g/mol. The zero-order chi connectivity index (χ0) is 14.8. The largest absolute Gasteiger partial charge is 0.463 e. The molecule has 0 saturated carbocycles. The van der Waals surface area contributed by atoms with Crippen LogP contribution >= 0.6 is 0 Å². The molecule has 0 aromatic rings. The number of halogens is 5. The van der Waals surface area contributed by atoms with Crippen molar-refractivity contribution in [3.8, 4) is 0 Å². The summed E-state index contributed by atoms with van der Waals surface area (Å²) in [6.07, 6.45) is -5.49. The minimum atomic E-state index is -5.89. The molecule has 1 fully saturated rings. The summed E-state index contributed by atoms with van der Waals surface area (Å²) in [5, 5.41) is 0. The Balaban J connectivity index is 2.61. The maximum absolute atomic E-state index is 12.8. The van der Waals surface area contributed by atoms with E-state index in [0.29, 0.717) is 4.90 Å². The molecule has 0 aromatic heterocycles. The number of carbonyl (C=O) groups is 2. The Bertz CT molecular complexity index is 361. The van der Waals surface area contributed by atoms with Gasteiger partial charge >= 0.3 is 18.0 Å². The number of likely N-dealkylation sites (tertiary alicyclic amines) is 1. The van der Waals surface area contributed by atoms with Gasteiger partial charge < -0.3 is 10.6 Å². The molecule has 19 heavy (non-hydrogen) atoms. The first-order chi connectivity index (χ1) is 8.55. The van der Waals surface area contributed by atoms with Crippen LogP contribution in [0.5, 0.6) is 0 Å². The Morgan fingerprint density at radius 1 is 1.11 bits per heavy atom. The van der Waals surface area contributed by atoms with Gasteiger partial charge in [-0.25, -0.2) is 0 Å². The number of hydrogen-bond donors (Lipinski definition) is 1. The summed E-state index contributed by atoms with van der Waals surface area (Å²) in [5.74, 6) is -8.35. The molecule has 0 aliphatic carbocycles. The third-order valence-electron chi connectivity index (χ3n) is 3.02. The molecule has 0 bridgehead atoms. The average Bonchev–Trinajstić information content (AvgIpc) is 2.26. The van der Waals surface area contributed by atoms with E-state index < -0.39 is 23.9 Å². The fourth-order valence-electron chi connectivity index (χ4n) is 1.94. The summed E-state index contributed by atoms with van der Waals surface area (Å²) in [4.78, 5) is 22.3. The molecule has 0 spiro atoms. The number of primary amides is 1. The van der Waals surface area contributed by atoms with Gasteiger partial charge in [-0.05, 0) is 18.8 Å². The Labute approximate surface area is 105 Å². The van der Waals surface area contributed by atoms with E-state index in [1.165, 1.54) is 0 Å². The van der Waals surface area contributed by atoms with Crippen LogP contribution in [0.4, 0.5) is 22.0 Å². The SMILES string of the molecule is NC(=O)CC1CCN(C(=O)C(F)(F)C(F)(F)F)CC1. The molecule has 1 rings (SSSR count). The van der Waals surface area contributed by atoms with Gasteiger partial charge in [0.15, 0.2) is 0 Å². The van der Waals surface area contributed by atoms with Crippen molar-refractivity contribution in [2.75, 3.05) is 13.1 Å². The van der Waals surface area contributed by atoms with Crippen LogP contribution in [0.1, 0.15) is 19.3 Å². The molecule has 1 aliphatic rings. The van der Waals surface area contributed by atoms with Gasteiger partial charge in [0.2, 0.25) is 5.91 Å². The van der Waals surface area contributed by atoms with Crippen LogP contribution in [0.3, 0.4) is 0 Å². The van der Waals surface area contributed by atoms with Crippen LogP contribution in [0.25, 0.3) is 0 Å². The smallest absolute Gasteiger partial charge is 0.370 e. The van der Waals surface area contributed by atoms with Crippen LogP contribution in [0.15, 0.2) is 0 Å². The van der Waals surface area contributed by atoms with Gasteiger partial charge in [-0.15, -0.1) is 0 Å². The lowest BCUT2D eigenvalue weighted by atomic mass is 9.93. The molecule has 9 heteroatoms. The van der Waals surface area contributed by atoms with Gasteiger partial charge in [0, 0.05) is 19.5 Å². The number of nitrogens with zero attached hydrogens (tertiary/aromatic N) is 1. The lowest BCUT2D eigenvalue weighted by Crippen LogP contribution is -2.54. The van der Waals surface area contributed by atoms with E-state index >= 15 is 0 Å². The molecule has 0 aromatic carbocycles. The minimum Gasteiger partial charge on any atom is -0.370 e. The van der Waals surface area contributed by atoms with Gasteiger partial charge in [-0.2, -0.15) is 22.0 Å². The third-order valence-corrected chi connectivity index (χ3v) is 3.02. The van der Waals surface area contributed by atoms with E-state index in [1.807, 2.05) is 0 Å². The molecule has 2 amide bonds. The first-order valence-electron chi connectivity index (χ1n) is 5.58. The zero-order valence-electron chi connectivity index (χ0n) is 9.84. The van der Waals surface area contributed by atoms with Crippen molar-refractivity contribution < 1.29 is 31.5 Å². The number of rotatable bonds is 3. The monoisotopic (exact) mass is 288 g/mol. The number of nitrogens with two attached hydrogens (primary N) is 1. The van der Waals surface area contributed by atoms with E-state index in [9.17, 15) is 31.5 Å². The molecule has 1 heterocycles. The van der Waals surface area contributed by atoms with Crippen LogP contribution in [0, 0.1) is 5.92 Å². The van der Waals surface area contributed by atoms with E-state index in [2.05, 4.69) is 0 Å². The van der Waals surface area contributed by atoms with Gasteiger partial charge in [0.25, 0.3) is 0 Å². The maximum atomic E-state index is 12.8. The summed E-state index contributed by atoms with van der Waals surface area (Å²) < 4.78 is 61.7. The first kappa shape index (κ1) is 15.6. The Morgan fingerprint density at radius 2 is 1.58 bits per heavy atom. The molecule has 1 saturated heterocycles. The molecule has 0 atom stereocenters. The normalized spacial score (nSPS) is 18.5. The van der Waals surface area contributed by atoms with Crippen LogP contribution in [0.2, 0.25) is 0 Å². The van der Waals surface area contributed by atoms with E-state index in [-0.39, 0.29) is 38.3 Å². The molecule has 0 radical (unpaired) electrons. The lowest BCUT2D eigenvalue weighted by molar-refractivity contribution is -0.274. The van der Waals surface area contributed by atoms with Gasteiger partial charge in [0.1, 0.15) is 0 Å². The Morgan fingerprint density at radius 3 is 1.95 bits per heavy atom. The van der Waals surface area contributed by atoms with Crippen molar-refractivity contribution in [3.63, 3.8) is 0 Å². The maximum Gasteiger partial charge on any atom is 0.463 e. The summed E-state index contributed by atoms with van der Waals surface area (Å²) in [6, 6.07) is 0. The third kappa shape index (κ3) is 3.54. The molecule has 0 unspecified atom stereocenters. The van der Waals surface area contributed by atoms with Crippen molar-refractivity contribution in [1.82, 2.24) is 4.90 Å². The zero-order valence-corrected chi connectivity index (χ0v) is 9.84. The van der Waals surface area contributed by atoms with Crippen LogP contribution < -0.4 is 5.73 Å². The van der Waals surface area contributed by atoms with Crippen LogP contribution in [-0.4, -0.2) is 41.9 Å². The molecular formula is C10H13F5N2O2. The van der Waals surface area contributed by atoms with Gasteiger partial charge in [0.05, 0.1) is 0 Å². The number of alkyl halides is 5. The molecule has 1 aliphatic heterocycles. The Hall–Kier alpha value is -1.41. The van der Waals surface area contributed by atoms with E-state index in [4.69, 9.17) is 5.73 Å². The fraction of sp³-hybridized carbons (Fsp3) is 0.800. The average molecular weight is 288 g/mol. The van der Waals surface area contributed by atoms with Crippen molar-refractivity contribution in [3.05, 3.63) is 0 Å². The van der Waals surface area contributed by atoms with E-state index in [0.717, 1.165) is 0 Å². The highest BCUT2D eigenvalue weighted by Gasteiger charge is 2.64. The first-order valence-corrected chi connectivity index (χ1v) is 5.58. The predicted octanol–water partition coefficient (Wildman–Crippen LogP) is 1.30. The van der Waals surface area contributed by atoms with Gasteiger partial charge in [-0.1, -0.05) is 0 Å². The fourth-order valence-corrected chi connectivity index (χ4v) is 1.94. The number of hydrogen-bond acceptors (Lipinski definition) is 2. The number of piperidine rings is 1. The second-order valence-electron chi connectivity index (χ2n) is 4.48. The summed E-state index contributed by atoms with van der Waals surface area (Å²) in [7, 11) is 0. The van der Waals surface area contributed by atoms with Crippen molar-refractivity contribution in [2.24, 2.45) is 11.7 Å². The standard InChI is InChI=1S/C10H13F5N2O2/c11-9(12,10(13,14)15)8(19)17-3-1-6(2-4-17)5-7(16)18/h6H,1-5H2,(H2,16,18). The Kier molecular flexibility index (Phi) is 4.36.